The molecule has 1 amide bonds. The van der Waals surface area contributed by atoms with Crippen LogP contribution in [0.2, 0.25) is 0 Å². The van der Waals surface area contributed by atoms with Crippen molar-refractivity contribution in [1.82, 2.24) is 10.5 Å². The zero-order valence-electron chi connectivity index (χ0n) is 16.6. The zero-order valence-corrected chi connectivity index (χ0v) is 17.4. The molecule has 4 aromatic rings. The molecule has 1 unspecified atom stereocenters. The molecule has 0 saturated carbocycles. The Hall–Kier alpha value is -3.71. The van der Waals surface area contributed by atoms with Crippen LogP contribution in [0.25, 0.3) is 10.6 Å². The number of hydrogen-bond donors (Lipinski definition) is 1. The highest BCUT2D eigenvalue weighted by molar-refractivity contribution is 7.13. The van der Waals surface area contributed by atoms with Gasteiger partial charge in [0.2, 0.25) is 0 Å². The minimum absolute atomic E-state index is 0.00177. The number of benzene rings is 2. The van der Waals surface area contributed by atoms with E-state index in [1.807, 2.05) is 53.9 Å². The molecule has 1 atom stereocenters. The predicted octanol–water partition coefficient (Wildman–Crippen LogP) is 5.01. The number of carbonyl (C=O) groups excluding carboxylic acids is 2. The third-order valence-corrected chi connectivity index (χ3v) is 5.50. The lowest BCUT2D eigenvalue weighted by Gasteiger charge is -2.18. The fourth-order valence-electron chi connectivity index (χ4n) is 3.06. The van der Waals surface area contributed by atoms with E-state index in [9.17, 15) is 9.59 Å². The number of aromatic nitrogens is 1. The van der Waals surface area contributed by atoms with Gasteiger partial charge in [0.1, 0.15) is 12.3 Å². The number of ether oxygens (including phenoxy) is 1. The van der Waals surface area contributed by atoms with E-state index < -0.39 is 12.0 Å². The molecule has 0 saturated heterocycles. The topological polar surface area (TPSA) is 81.4 Å². The number of hydrogen-bond acceptors (Lipinski definition) is 6. The maximum Gasteiger partial charge on any atom is 0.308 e. The van der Waals surface area contributed by atoms with Crippen LogP contribution in [0.15, 0.2) is 88.8 Å². The maximum absolute atomic E-state index is 12.6. The first-order valence-corrected chi connectivity index (χ1v) is 10.6. The second-order valence-corrected chi connectivity index (χ2v) is 7.78. The van der Waals surface area contributed by atoms with Crippen molar-refractivity contribution in [3.8, 4) is 10.6 Å². The fraction of sp³-hybridized carbons (Fsp3) is 0.125. The lowest BCUT2D eigenvalue weighted by molar-refractivity contribution is -0.145. The molecule has 2 aromatic heterocycles. The van der Waals surface area contributed by atoms with Gasteiger partial charge >= 0.3 is 5.97 Å². The van der Waals surface area contributed by atoms with Gasteiger partial charge in [0.15, 0.2) is 5.76 Å². The third-order valence-electron chi connectivity index (χ3n) is 4.62. The van der Waals surface area contributed by atoms with E-state index in [2.05, 4.69) is 10.5 Å². The van der Waals surface area contributed by atoms with Crippen molar-refractivity contribution in [2.24, 2.45) is 0 Å². The van der Waals surface area contributed by atoms with Gasteiger partial charge in [-0.2, -0.15) is 0 Å². The Bertz CT molecular complexity index is 1120. The Balaban J connectivity index is 1.39. The van der Waals surface area contributed by atoms with Crippen LogP contribution in [0.5, 0.6) is 0 Å². The molecule has 2 heterocycles. The van der Waals surface area contributed by atoms with E-state index in [1.54, 1.807) is 41.7 Å². The van der Waals surface area contributed by atoms with E-state index in [-0.39, 0.29) is 18.9 Å². The first kappa shape index (κ1) is 20.6. The molecule has 0 aliphatic carbocycles. The normalized spacial score (nSPS) is 11.6. The minimum Gasteiger partial charge on any atom is -0.459 e. The molecule has 156 valence electrons. The summed E-state index contributed by atoms with van der Waals surface area (Å²) >= 11 is 1.54. The van der Waals surface area contributed by atoms with E-state index in [0.29, 0.717) is 17.0 Å². The molecule has 7 heteroatoms. The van der Waals surface area contributed by atoms with Crippen molar-refractivity contribution in [2.45, 2.75) is 19.1 Å². The standard InChI is InChI=1S/C24H20N2O4S/c27-23(29-16-19-14-21(30-26-19)22-12-7-13-31-22)15-20(17-8-3-1-4-9-17)25-24(28)18-10-5-2-6-11-18/h1-14,20H,15-16H2,(H,25,28). The number of carbonyl (C=O) groups is 2. The maximum atomic E-state index is 12.6. The molecule has 6 nitrogen and oxygen atoms in total. The molecular formula is C24H20N2O4S. The van der Waals surface area contributed by atoms with Gasteiger partial charge in [-0.15, -0.1) is 11.3 Å². The largest absolute Gasteiger partial charge is 0.459 e. The Morgan fingerprint density at radius 1 is 1.00 bits per heavy atom. The summed E-state index contributed by atoms with van der Waals surface area (Å²) in [5.74, 6) is -0.0550. The Labute approximate surface area is 183 Å². The number of thiophene rings is 1. The SMILES string of the molecule is O=C(CC(NC(=O)c1ccccc1)c1ccccc1)OCc1cc(-c2cccs2)on1. The van der Waals surface area contributed by atoms with E-state index in [0.717, 1.165) is 10.4 Å². The van der Waals surface area contributed by atoms with Crippen molar-refractivity contribution in [3.05, 3.63) is 101 Å². The van der Waals surface area contributed by atoms with Crippen LogP contribution in [0.1, 0.15) is 34.1 Å². The Morgan fingerprint density at radius 2 is 1.74 bits per heavy atom. The highest BCUT2D eigenvalue weighted by Gasteiger charge is 2.20. The van der Waals surface area contributed by atoms with E-state index in [1.165, 1.54) is 0 Å². The molecule has 0 spiro atoms. The first-order valence-electron chi connectivity index (χ1n) is 9.75. The van der Waals surface area contributed by atoms with Gasteiger partial charge in [-0.25, -0.2) is 0 Å². The van der Waals surface area contributed by atoms with Crippen molar-refractivity contribution in [3.63, 3.8) is 0 Å². The van der Waals surface area contributed by atoms with E-state index in [4.69, 9.17) is 9.26 Å². The van der Waals surface area contributed by atoms with Crippen LogP contribution in [0, 0.1) is 0 Å². The Kier molecular flexibility index (Phi) is 6.54. The number of rotatable bonds is 8. The summed E-state index contributed by atoms with van der Waals surface area (Å²) in [5, 5.41) is 8.83. The van der Waals surface area contributed by atoms with Crippen LogP contribution in [0.3, 0.4) is 0 Å². The van der Waals surface area contributed by atoms with Crippen LogP contribution < -0.4 is 5.32 Å². The number of nitrogens with one attached hydrogen (secondary N) is 1. The quantitative estimate of drug-likeness (QED) is 0.396. The second-order valence-electron chi connectivity index (χ2n) is 6.83. The fourth-order valence-corrected chi connectivity index (χ4v) is 3.74. The molecule has 2 aromatic carbocycles. The smallest absolute Gasteiger partial charge is 0.308 e. The molecule has 0 aliphatic rings. The molecule has 0 fully saturated rings. The van der Waals surface area contributed by atoms with Crippen LogP contribution in [0.4, 0.5) is 0 Å². The van der Waals surface area contributed by atoms with Crippen molar-refractivity contribution in [1.29, 1.82) is 0 Å². The van der Waals surface area contributed by atoms with Crippen molar-refractivity contribution < 1.29 is 18.8 Å². The van der Waals surface area contributed by atoms with Gasteiger partial charge in [0.25, 0.3) is 5.91 Å². The van der Waals surface area contributed by atoms with Crippen molar-refractivity contribution >= 4 is 23.2 Å². The van der Waals surface area contributed by atoms with Gasteiger partial charge in [0.05, 0.1) is 17.3 Å². The zero-order chi connectivity index (χ0) is 21.5. The number of nitrogens with zero attached hydrogens (tertiary/aromatic N) is 1. The average Bonchev–Trinajstić information content (AvgIpc) is 3.50. The van der Waals surface area contributed by atoms with Crippen LogP contribution in [-0.4, -0.2) is 17.0 Å². The first-order chi connectivity index (χ1) is 15.2. The lowest BCUT2D eigenvalue weighted by Crippen LogP contribution is -2.30. The van der Waals surface area contributed by atoms with Crippen LogP contribution in [-0.2, 0) is 16.1 Å². The van der Waals surface area contributed by atoms with Gasteiger partial charge in [-0.1, -0.05) is 59.8 Å². The summed E-state index contributed by atoms with van der Waals surface area (Å²) in [7, 11) is 0. The van der Waals surface area contributed by atoms with Gasteiger partial charge in [-0.05, 0) is 29.1 Å². The molecule has 0 aliphatic heterocycles. The highest BCUT2D eigenvalue weighted by Crippen LogP contribution is 2.25. The summed E-state index contributed by atoms with van der Waals surface area (Å²) in [6.45, 7) is 0.00184. The summed E-state index contributed by atoms with van der Waals surface area (Å²) < 4.78 is 10.7. The second kappa shape index (κ2) is 9.86. The molecule has 1 N–H and O–H groups in total. The minimum atomic E-state index is -0.514. The summed E-state index contributed by atoms with van der Waals surface area (Å²) in [5.41, 5.74) is 1.88. The van der Waals surface area contributed by atoms with Crippen molar-refractivity contribution in [2.75, 3.05) is 0 Å². The Morgan fingerprint density at radius 3 is 2.45 bits per heavy atom. The monoisotopic (exact) mass is 432 g/mol. The highest BCUT2D eigenvalue weighted by atomic mass is 32.1. The molecule has 31 heavy (non-hydrogen) atoms. The predicted molar refractivity (Wildman–Crippen MR) is 117 cm³/mol. The number of esters is 1. The molecule has 0 radical (unpaired) electrons. The van der Waals surface area contributed by atoms with Gasteiger partial charge in [-0.3, -0.25) is 9.59 Å². The molecule has 4 rings (SSSR count). The van der Waals surface area contributed by atoms with E-state index >= 15 is 0 Å². The van der Waals surface area contributed by atoms with Gasteiger partial charge in [0, 0.05) is 11.6 Å². The number of amides is 1. The molecule has 0 bridgehead atoms. The van der Waals surface area contributed by atoms with Gasteiger partial charge < -0.3 is 14.6 Å². The molecular weight excluding hydrogens is 412 g/mol. The summed E-state index contributed by atoms with van der Waals surface area (Å²) in [6.07, 6.45) is -0.00177. The summed E-state index contributed by atoms with van der Waals surface area (Å²) in [6, 6.07) is 23.3. The van der Waals surface area contributed by atoms with Crippen LogP contribution >= 0.6 is 11.3 Å². The summed E-state index contributed by atoms with van der Waals surface area (Å²) in [4.78, 5) is 26.1. The third kappa shape index (κ3) is 5.46. The average molecular weight is 433 g/mol. The lowest BCUT2D eigenvalue weighted by atomic mass is 10.0.